The molecule has 0 bridgehead atoms. The Morgan fingerprint density at radius 1 is 1.00 bits per heavy atom. The van der Waals surface area contributed by atoms with Gasteiger partial charge in [-0.2, -0.15) is 11.8 Å². The summed E-state index contributed by atoms with van der Waals surface area (Å²) in [7, 11) is 0. The number of carboxylic acid groups (broad SMARTS) is 1. The third-order valence-corrected chi connectivity index (χ3v) is 6.22. The average molecular weight is 522 g/mol. The Morgan fingerprint density at radius 3 is 2.32 bits per heavy atom. The van der Waals surface area contributed by atoms with Crippen LogP contribution in [0, 0.1) is 0 Å². The molecule has 0 aromatic heterocycles. The fourth-order valence-electron chi connectivity index (χ4n) is 3.59. The highest BCUT2D eigenvalue weighted by Gasteiger charge is 2.23. The summed E-state index contributed by atoms with van der Waals surface area (Å²) in [6.07, 6.45) is 2.18. The minimum atomic E-state index is -1.09. The summed E-state index contributed by atoms with van der Waals surface area (Å²) < 4.78 is 5.58. The summed E-state index contributed by atoms with van der Waals surface area (Å²) in [5.41, 5.74) is 9.06. The van der Waals surface area contributed by atoms with Gasteiger partial charge in [0, 0.05) is 11.3 Å². The first-order chi connectivity index (χ1) is 17.9. The average Bonchev–Trinajstić information content (AvgIpc) is 2.91. The van der Waals surface area contributed by atoms with Crippen LogP contribution in [-0.2, 0) is 20.9 Å². The Labute approximate surface area is 220 Å². The molecular weight excluding hydrogens is 490 g/mol. The van der Waals surface area contributed by atoms with Crippen molar-refractivity contribution in [3.63, 3.8) is 0 Å². The number of rotatable bonds is 13. The quantitative estimate of drug-likeness (QED) is 0.269. The topological polar surface area (TPSA) is 131 Å². The van der Waals surface area contributed by atoms with Crippen LogP contribution in [0.4, 0.5) is 5.69 Å². The van der Waals surface area contributed by atoms with Gasteiger partial charge in [-0.3, -0.25) is 9.59 Å². The fraction of sp³-hybridized carbons (Fsp3) is 0.250. The van der Waals surface area contributed by atoms with E-state index in [4.69, 9.17) is 10.5 Å². The minimum absolute atomic E-state index is 0.0411. The van der Waals surface area contributed by atoms with Gasteiger partial charge in [0.2, 0.25) is 5.91 Å². The maximum absolute atomic E-state index is 13.1. The predicted octanol–water partition coefficient (Wildman–Crippen LogP) is 3.77. The number of hydrogen-bond donors (Lipinski definition) is 4. The first kappa shape index (κ1) is 27.9. The van der Waals surface area contributed by atoms with Crippen LogP contribution in [0.3, 0.4) is 0 Å². The van der Waals surface area contributed by atoms with Crippen molar-refractivity contribution in [1.29, 1.82) is 0 Å². The smallest absolute Gasteiger partial charge is 0.326 e. The van der Waals surface area contributed by atoms with Gasteiger partial charge in [-0.1, -0.05) is 60.7 Å². The predicted molar refractivity (Wildman–Crippen MR) is 146 cm³/mol. The second-order valence-electron chi connectivity index (χ2n) is 8.37. The molecule has 0 spiro atoms. The molecule has 0 fully saturated rings. The van der Waals surface area contributed by atoms with Crippen LogP contribution < -0.4 is 16.4 Å². The maximum Gasteiger partial charge on any atom is 0.326 e. The molecule has 0 aliphatic heterocycles. The van der Waals surface area contributed by atoms with Gasteiger partial charge >= 0.3 is 5.97 Å². The Balaban J connectivity index is 1.73. The molecule has 37 heavy (non-hydrogen) atoms. The summed E-state index contributed by atoms with van der Waals surface area (Å²) in [6.45, 7) is 0.386. The van der Waals surface area contributed by atoms with E-state index in [1.807, 2.05) is 66.9 Å². The third kappa shape index (κ3) is 8.45. The van der Waals surface area contributed by atoms with E-state index in [0.29, 0.717) is 35.6 Å². The molecule has 0 aliphatic rings. The van der Waals surface area contributed by atoms with Crippen molar-refractivity contribution in [2.75, 3.05) is 23.9 Å². The number of ether oxygens (including phenoxy) is 1. The van der Waals surface area contributed by atoms with Gasteiger partial charge in [0.05, 0.1) is 13.2 Å². The summed E-state index contributed by atoms with van der Waals surface area (Å²) in [4.78, 5) is 37.4. The molecule has 2 atom stereocenters. The third-order valence-electron chi connectivity index (χ3n) is 5.58. The number of benzene rings is 3. The van der Waals surface area contributed by atoms with Crippen molar-refractivity contribution >= 4 is 35.2 Å². The molecule has 2 amide bonds. The minimum Gasteiger partial charge on any atom is -0.480 e. The monoisotopic (exact) mass is 521 g/mol. The van der Waals surface area contributed by atoms with Gasteiger partial charge in [0.15, 0.2) is 0 Å². The molecule has 3 rings (SSSR count). The van der Waals surface area contributed by atoms with Crippen LogP contribution in [0.1, 0.15) is 22.3 Å². The summed E-state index contributed by atoms with van der Waals surface area (Å²) in [5.74, 6) is -1.41. The molecule has 0 heterocycles. The molecule has 194 valence electrons. The van der Waals surface area contributed by atoms with E-state index in [2.05, 4.69) is 10.6 Å². The lowest BCUT2D eigenvalue weighted by Gasteiger charge is -2.18. The van der Waals surface area contributed by atoms with Crippen molar-refractivity contribution in [2.24, 2.45) is 5.73 Å². The molecule has 0 saturated carbocycles. The first-order valence-electron chi connectivity index (χ1n) is 11.8. The van der Waals surface area contributed by atoms with Crippen LogP contribution in [0.2, 0.25) is 0 Å². The number of aliphatic carboxylic acids is 1. The summed E-state index contributed by atoms with van der Waals surface area (Å²) in [6, 6.07) is 21.7. The van der Waals surface area contributed by atoms with E-state index in [9.17, 15) is 19.5 Å². The van der Waals surface area contributed by atoms with Gasteiger partial charge in [-0.15, -0.1) is 0 Å². The van der Waals surface area contributed by atoms with Crippen LogP contribution in [0.5, 0.6) is 0 Å². The molecule has 5 N–H and O–H groups in total. The van der Waals surface area contributed by atoms with Gasteiger partial charge in [-0.25, -0.2) is 4.79 Å². The largest absolute Gasteiger partial charge is 0.480 e. The highest BCUT2D eigenvalue weighted by Crippen LogP contribution is 2.27. The van der Waals surface area contributed by atoms with E-state index in [0.717, 1.165) is 11.1 Å². The number of carboxylic acids is 1. The zero-order valence-corrected chi connectivity index (χ0v) is 21.4. The van der Waals surface area contributed by atoms with Crippen LogP contribution in [0.15, 0.2) is 78.9 Å². The molecular formula is C28H31N3O5S. The highest BCUT2D eigenvalue weighted by molar-refractivity contribution is 7.98. The second kappa shape index (κ2) is 14.2. The van der Waals surface area contributed by atoms with Crippen molar-refractivity contribution in [2.45, 2.75) is 25.1 Å². The fourth-order valence-corrected chi connectivity index (χ4v) is 4.07. The lowest BCUT2D eigenvalue weighted by molar-refractivity contribution is -0.139. The standard InChI is InChI=1S/C28H31N3O5S/c1-37-15-14-25(28(34)35)31-26(32)22-13-12-21(16-23(22)20-10-6-3-7-11-20)30-27(33)24(29)18-36-17-19-8-4-2-5-9-19/h2-13,16,24-25H,14-15,17-18,29H2,1H3,(H,30,33)(H,31,32)(H,34,35). The van der Waals surface area contributed by atoms with E-state index in [1.54, 1.807) is 18.2 Å². The Bertz CT molecular complexity index is 1190. The van der Waals surface area contributed by atoms with Gasteiger partial charge < -0.3 is 26.2 Å². The Morgan fingerprint density at radius 2 is 1.68 bits per heavy atom. The lowest BCUT2D eigenvalue weighted by Crippen LogP contribution is -2.41. The molecule has 0 saturated heterocycles. The number of nitrogens with two attached hydrogens (primary N) is 1. The molecule has 0 aliphatic carbocycles. The second-order valence-corrected chi connectivity index (χ2v) is 9.35. The number of carbonyl (C=O) groups excluding carboxylic acids is 2. The zero-order valence-electron chi connectivity index (χ0n) is 20.6. The van der Waals surface area contributed by atoms with E-state index in [-0.39, 0.29) is 6.61 Å². The van der Waals surface area contributed by atoms with Crippen molar-refractivity contribution in [3.05, 3.63) is 90.0 Å². The van der Waals surface area contributed by atoms with Gasteiger partial charge in [0.1, 0.15) is 12.1 Å². The van der Waals surface area contributed by atoms with Crippen molar-refractivity contribution in [3.8, 4) is 11.1 Å². The summed E-state index contributed by atoms with van der Waals surface area (Å²) in [5, 5.41) is 14.9. The van der Waals surface area contributed by atoms with Crippen LogP contribution >= 0.6 is 11.8 Å². The number of anilines is 1. The highest BCUT2D eigenvalue weighted by atomic mass is 32.2. The van der Waals surface area contributed by atoms with Gasteiger partial charge in [-0.05, 0) is 53.3 Å². The number of thioether (sulfide) groups is 1. The number of amides is 2. The first-order valence-corrected chi connectivity index (χ1v) is 13.2. The van der Waals surface area contributed by atoms with E-state index in [1.165, 1.54) is 11.8 Å². The Kier molecular flexibility index (Phi) is 10.7. The summed E-state index contributed by atoms with van der Waals surface area (Å²) >= 11 is 1.51. The molecule has 8 nitrogen and oxygen atoms in total. The number of nitrogens with one attached hydrogen (secondary N) is 2. The molecule has 0 radical (unpaired) electrons. The maximum atomic E-state index is 13.1. The number of carbonyl (C=O) groups is 3. The van der Waals surface area contributed by atoms with E-state index >= 15 is 0 Å². The number of hydrogen-bond acceptors (Lipinski definition) is 6. The molecule has 2 unspecified atom stereocenters. The normalized spacial score (nSPS) is 12.4. The Hall–Kier alpha value is -3.66. The zero-order chi connectivity index (χ0) is 26.6. The molecule has 9 heteroatoms. The van der Waals surface area contributed by atoms with Crippen LogP contribution in [0.25, 0.3) is 11.1 Å². The lowest BCUT2D eigenvalue weighted by atomic mass is 9.98. The molecule has 3 aromatic rings. The van der Waals surface area contributed by atoms with Crippen LogP contribution in [-0.4, -0.2) is 53.6 Å². The molecule has 3 aromatic carbocycles. The van der Waals surface area contributed by atoms with Crippen molar-refractivity contribution in [1.82, 2.24) is 5.32 Å². The van der Waals surface area contributed by atoms with Gasteiger partial charge in [0.25, 0.3) is 5.91 Å². The SMILES string of the molecule is CSCCC(NC(=O)c1ccc(NC(=O)C(N)COCc2ccccc2)cc1-c1ccccc1)C(=O)O. The van der Waals surface area contributed by atoms with E-state index < -0.39 is 29.9 Å². The van der Waals surface area contributed by atoms with Crippen molar-refractivity contribution < 1.29 is 24.2 Å².